The van der Waals surface area contributed by atoms with E-state index in [9.17, 15) is 19.2 Å². The molecule has 24 heavy (non-hydrogen) atoms. The third kappa shape index (κ3) is 4.87. The Bertz CT molecular complexity index is 724. The Hall–Kier alpha value is -3.82. The number of carbonyl (C=O) groups is 4. The molecule has 0 aliphatic rings. The Balaban J connectivity index is 1.86. The molecular weight excluding hydrogens is 320 g/mol. The van der Waals surface area contributed by atoms with Gasteiger partial charge >= 0.3 is 23.9 Å². The summed E-state index contributed by atoms with van der Waals surface area (Å²) < 4.78 is 8.82. The predicted octanol–water partition coefficient (Wildman–Crippen LogP) is -0.110. The van der Waals surface area contributed by atoms with Crippen LogP contribution in [0.25, 0.3) is 0 Å². The highest BCUT2D eigenvalue weighted by Crippen LogP contribution is 1.98. The van der Waals surface area contributed by atoms with Gasteiger partial charge in [-0.3, -0.25) is 0 Å². The summed E-state index contributed by atoms with van der Waals surface area (Å²) in [4.78, 5) is 60.2. The molecule has 10 nitrogen and oxygen atoms in total. The molecule has 2 rings (SSSR count). The van der Waals surface area contributed by atoms with Gasteiger partial charge in [-0.25, -0.2) is 39.1 Å². The van der Waals surface area contributed by atoms with E-state index < -0.39 is 23.9 Å². The first-order chi connectivity index (χ1) is 11.6. The minimum Gasteiger partial charge on any atom is -0.385 e. The second-order valence-corrected chi connectivity index (χ2v) is 3.94. The van der Waals surface area contributed by atoms with E-state index in [1.807, 2.05) is 0 Å². The molecule has 0 atom stereocenters. The maximum Gasteiger partial charge on any atom is 0.364 e. The van der Waals surface area contributed by atoms with Crippen molar-refractivity contribution in [2.24, 2.45) is 0 Å². The first-order valence-electron chi connectivity index (χ1n) is 6.28. The van der Waals surface area contributed by atoms with E-state index in [2.05, 4.69) is 29.4 Å². The van der Waals surface area contributed by atoms with E-state index in [-0.39, 0.29) is 11.4 Å². The van der Waals surface area contributed by atoms with Crippen LogP contribution in [0.1, 0.15) is 21.0 Å². The first-order valence-corrected chi connectivity index (χ1v) is 6.28. The number of aromatic nitrogens is 4. The number of hydrogen-bond acceptors (Lipinski definition) is 10. The van der Waals surface area contributed by atoms with Crippen molar-refractivity contribution in [3.05, 3.63) is 60.7 Å². The molecule has 0 saturated heterocycles. The average Bonchev–Trinajstić information content (AvgIpc) is 2.61. The van der Waals surface area contributed by atoms with Gasteiger partial charge < -0.3 is 9.47 Å². The van der Waals surface area contributed by atoms with E-state index in [4.69, 9.17) is 0 Å². The van der Waals surface area contributed by atoms with Gasteiger partial charge in [-0.05, 0) is 12.1 Å². The van der Waals surface area contributed by atoms with E-state index in [0.29, 0.717) is 12.2 Å². The summed E-state index contributed by atoms with van der Waals surface area (Å²) >= 11 is 0. The topological polar surface area (TPSA) is 138 Å². The van der Waals surface area contributed by atoms with Crippen molar-refractivity contribution in [2.45, 2.75) is 0 Å². The van der Waals surface area contributed by atoms with Crippen LogP contribution in [0, 0.1) is 0 Å². The predicted molar refractivity (Wildman–Crippen MR) is 74.0 cm³/mol. The maximum atomic E-state index is 11.5. The van der Waals surface area contributed by atoms with Crippen molar-refractivity contribution in [2.75, 3.05) is 0 Å². The molecule has 2 aromatic heterocycles. The molecule has 0 aliphatic heterocycles. The van der Waals surface area contributed by atoms with Gasteiger partial charge in [0.05, 0.1) is 0 Å². The van der Waals surface area contributed by atoms with Crippen molar-refractivity contribution in [1.82, 2.24) is 19.9 Å². The molecule has 2 aromatic rings. The second kappa shape index (κ2) is 7.98. The van der Waals surface area contributed by atoms with Crippen LogP contribution in [0.3, 0.4) is 0 Å². The summed E-state index contributed by atoms with van der Waals surface area (Å²) in [6.45, 7) is 0. The zero-order valence-corrected chi connectivity index (χ0v) is 11.9. The third-order valence-electron chi connectivity index (χ3n) is 2.32. The fourth-order valence-electron chi connectivity index (χ4n) is 1.31. The molecule has 2 heterocycles. The van der Waals surface area contributed by atoms with Gasteiger partial charge in [0, 0.05) is 24.5 Å². The van der Waals surface area contributed by atoms with E-state index >= 15 is 0 Å². The molecule has 0 aliphatic carbocycles. The lowest BCUT2D eigenvalue weighted by molar-refractivity contribution is -0.135. The highest BCUT2D eigenvalue weighted by Gasteiger charge is 2.14. The SMILES string of the molecule is O=C(/C=C\C(=O)OC(=O)c1ccncn1)OC(=O)c1ccncn1. The monoisotopic (exact) mass is 328 g/mol. The highest BCUT2D eigenvalue weighted by atomic mass is 16.6. The van der Waals surface area contributed by atoms with Gasteiger partial charge in [0.15, 0.2) is 11.4 Å². The van der Waals surface area contributed by atoms with Crippen molar-refractivity contribution >= 4 is 23.9 Å². The third-order valence-corrected chi connectivity index (χ3v) is 2.32. The van der Waals surface area contributed by atoms with Crippen molar-refractivity contribution in [1.29, 1.82) is 0 Å². The zero-order chi connectivity index (χ0) is 17.4. The van der Waals surface area contributed by atoms with E-state index in [1.54, 1.807) is 0 Å². The minimum absolute atomic E-state index is 0.131. The summed E-state index contributed by atoms with van der Waals surface area (Å²) in [6.07, 6.45) is 6.06. The molecule has 0 saturated carbocycles. The van der Waals surface area contributed by atoms with Crippen LogP contribution in [0.2, 0.25) is 0 Å². The van der Waals surface area contributed by atoms with Gasteiger partial charge in [0.2, 0.25) is 0 Å². The van der Waals surface area contributed by atoms with Crippen molar-refractivity contribution in [3.8, 4) is 0 Å². The largest absolute Gasteiger partial charge is 0.385 e. The van der Waals surface area contributed by atoms with Crippen molar-refractivity contribution in [3.63, 3.8) is 0 Å². The minimum atomic E-state index is -1.13. The highest BCUT2D eigenvalue weighted by molar-refractivity contribution is 6.03. The molecule has 0 bridgehead atoms. The Kier molecular flexibility index (Phi) is 5.50. The molecule has 10 heteroatoms. The lowest BCUT2D eigenvalue weighted by atomic mass is 10.4. The zero-order valence-electron chi connectivity index (χ0n) is 11.9. The van der Waals surface area contributed by atoms with Crippen LogP contribution in [-0.4, -0.2) is 43.8 Å². The maximum absolute atomic E-state index is 11.5. The lowest BCUT2D eigenvalue weighted by Crippen LogP contribution is -2.14. The lowest BCUT2D eigenvalue weighted by Gasteiger charge is -1.99. The smallest absolute Gasteiger partial charge is 0.364 e. The first kappa shape index (κ1) is 16.5. The molecular formula is C14H8N4O6. The molecule has 0 amide bonds. The molecule has 0 unspecified atom stereocenters. The van der Waals surface area contributed by atoms with Crippen LogP contribution in [0.15, 0.2) is 49.3 Å². The Labute approximate surface area is 134 Å². The normalized spacial score (nSPS) is 10.2. The summed E-state index contributed by atoms with van der Waals surface area (Å²) in [5.74, 6) is -4.30. The van der Waals surface area contributed by atoms with Gasteiger partial charge in [-0.2, -0.15) is 0 Å². The second-order valence-electron chi connectivity index (χ2n) is 3.94. The quantitative estimate of drug-likeness (QED) is 0.424. The van der Waals surface area contributed by atoms with Gasteiger partial charge in [-0.1, -0.05) is 0 Å². The standard InChI is InChI=1S/C14H8N4O6/c19-11(23-13(21)9-3-5-15-7-17-9)1-2-12(20)24-14(22)10-4-6-16-8-18-10/h1-8H/b2-1-. The van der Waals surface area contributed by atoms with Crippen molar-refractivity contribution < 1.29 is 28.7 Å². The summed E-state index contributed by atoms with van der Waals surface area (Å²) in [7, 11) is 0. The number of ether oxygens (including phenoxy) is 2. The number of nitrogens with zero attached hydrogens (tertiary/aromatic N) is 4. The average molecular weight is 328 g/mol. The fraction of sp³-hybridized carbons (Fsp3) is 0. The molecule has 0 radical (unpaired) electrons. The van der Waals surface area contributed by atoms with Gasteiger partial charge in [0.25, 0.3) is 0 Å². The summed E-state index contributed by atoms with van der Waals surface area (Å²) in [6, 6.07) is 2.49. The fourth-order valence-corrected chi connectivity index (χ4v) is 1.31. The Morgan fingerprint density at radius 1 is 0.750 bits per heavy atom. The molecule has 0 N–H and O–H groups in total. The van der Waals surface area contributed by atoms with Crippen LogP contribution in [0.5, 0.6) is 0 Å². The molecule has 0 fully saturated rings. The Morgan fingerprint density at radius 3 is 1.50 bits per heavy atom. The molecule has 0 aromatic carbocycles. The van der Waals surface area contributed by atoms with E-state index in [1.165, 1.54) is 24.5 Å². The van der Waals surface area contributed by atoms with Gasteiger partial charge in [0.1, 0.15) is 12.7 Å². The molecule has 120 valence electrons. The number of carbonyl (C=O) groups excluding carboxylic acids is 4. The van der Waals surface area contributed by atoms with Gasteiger partial charge in [-0.15, -0.1) is 0 Å². The van der Waals surface area contributed by atoms with Crippen LogP contribution < -0.4 is 0 Å². The number of rotatable bonds is 4. The summed E-state index contributed by atoms with van der Waals surface area (Å²) in [5, 5.41) is 0. The number of esters is 4. The van der Waals surface area contributed by atoms with Crippen LogP contribution >= 0.6 is 0 Å². The molecule has 0 spiro atoms. The van der Waals surface area contributed by atoms with E-state index in [0.717, 1.165) is 12.7 Å². The number of hydrogen-bond donors (Lipinski definition) is 0. The summed E-state index contributed by atoms with van der Waals surface area (Å²) in [5.41, 5.74) is -0.262. The van der Waals surface area contributed by atoms with Crippen LogP contribution in [0.4, 0.5) is 0 Å². The Morgan fingerprint density at radius 2 is 1.17 bits per heavy atom. The van der Waals surface area contributed by atoms with Crippen LogP contribution in [-0.2, 0) is 19.1 Å².